The van der Waals surface area contributed by atoms with Crippen molar-refractivity contribution in [2.75, 3.05) is 38.1 Å². The van der Waals surface area contributed by atoms with E-state index >= 15 is 0 Å². The van der Waals surface area contributed by atoms with Gasteiger partial charge >= 0.3 is 0 Å². The van der Waals surface area contributed by atoms with Gasteiger partial charge in [0.25, 0.3) is 0 Å². The molecule has 1 aliphatic rings. The molecule has 0 saturated carbocycles. The van der Waals surface area contributed by atoms with E-state index in [1.807, 2.05) is 36.4 Å². The molecule has 1 aliphatic heterocycles. The molecule has 0 unspecified atom stereocenters. The standard InChI is InChI=1S/C11H16N2.C6H6/c1-12-7-9-13(10-8-12)11-5-3-2-4-6-11;1-2-4-6-5-3-1/h2-6H,7-10H2,1H3;1-6H. The molecule has 1 saturated heterocycles. The lowest BCUT2D eigenvalue weighted by Crippen LogP contribution is -2.44. The Labute approximate surface area is 116 Å². The van der Waals surface area contributed by atoms with Crippen LogP contribution in [0.25, 0.3) is 0 Å². The maximum Gasteiger partial charge on any atom is 0.0367 e. The lowest BCUT2D eigenvalue weighted by atomic mass is 10.2. The van der Waals surface area contributed by atoms with E-state index in [1.54, 1.807) is 0 Å². The van der Waals surface area contributed by atoms with Crippen molar-refractivity contribution in [2.45, 2.75) is 0 Å². The van der Waals surface area contributed by atoms with Gasteiger partial charge in [-0.25, -0.2) is 0 Å². The number of hydrogen-bond donors (Lipinski definition) is 0. The molecule has 0 bridgehead atoms. The fourth-order valence-electron chi connectivity index (χ4n) is 2.09. The van der Waals surface area contributed by atoms with Crippen LogP contribution in [0, 0.1) is 0 Å². The topological polar surface area (TPSA) is 6.48 Å². The summed E-state index contributed by atoms with van der Waals surface area (Å²) in [6, 6.07) is 22.7. The third-order valence-electron chi connectivity index (χ3n) is 3.29. The summed E-state index contributed by atoms with van der Waals surface area (Å²) in [5.41, 5.74) is 1.36. The molecule has 0 aromatic heterocycles. The smallest absolute Gasteiger partial charge is 0.0367 e. The summed E-state index contributed by atoms with van der Waals surface area (Å²) >= 11 is 0. The third-order valence-corrected chi connectivity index (χ3v) is 3.29. The molecule has 1 fully saturated rings. The van der Waals surface area contributed by atoms with Crippen LogP contribution in [-0.2, 0) is 0 Å². The number of anilines is 1. The zero-order valence-corrected chi connectivity index (χ0v) is 11.6. The van der Waals surface area contributed by atoms with E-state index in [1.165, 1.54) is 18.8 Å². The molecule has 0 atom stereocenters. The first-order valence-electron chi connectivity index (χ1n) is 6.85. The number of nitrogens with zero attached hydrogens (tertiary/aromatic N) is 2. The Morgan fingerprint density at radius 1 is 0.632 bits per heavy atom. The van der Waals surface area contributed by atoms with Crippen molar-refractivity contribution in [3.8, 4) is 0 Å². The first-order valence-corrected chi connectivity index (χ1v) is 6.85. The predicted octanol–water partition coefficient (Wildman–Crippen LogP) is 3.13. The number of para-hydroxylation sites is 1. The van der Waals surface area contributed by atoms with Gasteiger partial charge in [0.05, 0.1) is 0 Å². The van der Waals surface area contributed by atoms with Crippen LogP contribution >= 0.6 is 0 Å². The molecule has 0 spiro atoms. The summed E-state index contributed by atoms with van der Waals surface area (Å²) in [6.45, 7) is 4.66. The highest BCUT2D eigenvalue weighted by Gasteiger charge is 2.13. The summed E-state index contributed by atoms with van der Waals surface area (Å²) < 4.78 is 0. The molecule has 0 aliphatic carbocycles. The molecule has 0 amide bonds. The van der Waals surface area contributed by atoms with Crippen molar-refractivity contribution in [2.24, 2.45) is 0 Å². The predicted molar refractivity (Wildman–Crippen MR) is 82.6 cm³/mol. The Bertz CT molecular complexity index is 407. The summed E-state index contributed by atoms with van der Waals surface area (Å²) in [5.74, 6) is 0. The van der Waals surface area contributed by atoms with Crippen LogP contribution in [-0.4, -0.2) is 38.1 Å². The van der Waals surface area contributed by atoms with Crippen molar-refractivity contribution >= 4 is 5.69 Å². The van der Waals surface area contributed by atoms with Crippen molar-refractivity contribution in [1.29, 1.82) is 0 Å². The summed E-state index contributed by atoms with van der Waals surface area (Å²) in [5, 5.41) is 0. The average molecular weight is 254 g/mol. The molecular weight excluding hydrogens is 232 g/mol. The van der Waals surface area contributed by atoms with Crippen molar-refractivity contribution in [3.63, 3.8) is 0 Å². The molecular formula is C17H22N2. The van der Waals surface area contributed by atoms with Gasteiger partial charge in [0.15, 0.2) is 0 Å². The maximum absolute atomic E-state index is 2.44. The summed E-state index contributed by atoms with van der Waals surface area (Å²) in [7, 11) is 2.18. The highest BCUT2D eigenvalue weighted by atomic mass is 15.2. The average Bonchev–Trinajstić information content (AvgIpc) is 2.51. The number of piperazine rings is 1. The first kappa shape index (κ1) is 13.6. The molecule has 0 N–H and O–H groups in total. The summed E-state index contributed by atoms with van der Waals surface area (Å²) in [4.78, 5) is 4.82. The van der Waals surface area contributed by atoms with Crippen LogP contribution in [0.2, 0.25) is 0 Å². The fraction of sp³-hybridized carbons (Fsp3) is 0.294. The largest absolute Gasteiger partial charge is 0.369 e. The van der Waals surface area contributed by atoms with Gasteiger partial charge in [-0.3, -0.25) is 0 Å². The first-order chi connectivity index (χ1) is 9.36. The van der Waals surface area contributed by atoms with Crippen molar-refractivity contribution < 1.29 is 0 Å². The number of benzene rings is 2. The van der Waals surface area contributed by atoms with E-state index in [2.05, 4.69) is 47.2 Å². The van der Waals surface area contributed by atoms with Crippen LogP contribution in [0.3, 0.4) is 0 Å². The molecule has 2 nitrogen and oxygen atoms in total. The van der Waals surface area contributed by atoms with Gasteiger partial charge in [-0.05, 0) is 19.2 Å². The second-order valence-electron chi connectivity index (χ2n) is 4.78. The van der Waals surface area contributed by atoms with E-state index in [0.717, 1.165) is 13.1 Å². The van der Waals surface area contributed by atoms with Crippen LogP contribution in [0.15, 0.2) is 66.7 Å². The Balaban J connectivity index is 0.000000186. The van der Waals surface area contributed by atoms with Crippen LogP contribution in [0.5, 0.6) is 0 Å². The Hall–Kier alpha value is -1.80. The number of hydrogen-bond acceptors (Lipinski definition) is 2. The fourth-order valence-corrected chi connectivity index (χ4v) is 2.09. The normalized spacial score (nSPS) is 15.5. The van der Waals surface area contributed by atoms with Crippen LogP contribution in [0.1, 0.15) is 0 Å². The van der Waals surface area contributed by atoms with E-state index in [4.69, 9.17) is 0 Å². The zero-order valence-electron chi connectivity index (χ0n) is 11.6. The van der Waals surface area contributed by atoms with Gasteiger partial charge in [0, 0.05) is 31.9 Å². The zero-order chi connectivity index (χ0) is 13.3. The molecule has 2 aromatic carbocycles. The minimum Gasteiger partial charge on any atom is -0.369 e. The maximum atomic E-state index is 2.44. The highest BCUT2D eigenvalue weighted by molar-refractivity contribution is 5.46. The van der Waals surface area contributed by atoms with Crippen molar-refractivity contribution in [1.82, 2.24) is 4.90 Å². The van der Waals surface area contributed by atoms with E-state index in [9.17, 15) is 0 Å². The molecule has 1 heterocycles. The van der Waals surface area contributed by atoms with Gasteiger partial charge in [-0.1, -0.05) is 54.6 Å². The van der Waals surface area contributed by atoms with E-state index in [0.29, 0.717) is 0 Å². The highest BCUT2D eigenvalue weighted by Crippen LogP contribution is 2.14. The molecule has 2 aromatic rings. The van der Waals surface area contributed by atoms with Crippen LogP contribution < -0.4 is 4.90 Å². The molecule has 3 rings (SSSR count). The Morgan fingerprint density at radius 3 is 1.53 bits per heavy atom. The van der Waals surface area contributed by atoms with Crippen LogP contribution in [0.4, 0.5) is 5.69 Å². The van der Waals surface area contributed by atoms with Gasteiger partial charge in [0.1, 0.15) is 0 Å². The molecule has 0 radical (unpaired) electrons. The minimum atomic E-state index is 1.15. The molecule has 19 heavy (non-hydrogen) atoms. The SMILES string of the molecule is CN1CCN(c2ccccc2)CC1.c1ccccc1. The van der Waals surface area contributed by atoms with Gasteiger partial charge < -0.3 is 9.80 Å². The Morgan fingerprint density at radius 2 is 1.05 bits per heavy atom. The van der Waals surface area contributed by atoms with Gasteiger partial charge in [-0.2, -0.15) is 0 Å². The Kier molecular flexibility index (Phi) is 5.45. The molecule has 100 valence electrons. The lowest BCUT2D eigenvalue weighted by molar-refractivity contribution is 0.313. The second kappa shape index (κ2) is 7.59. The number of rotatable bonds is 1. The third kappa shape index (κ3) is 4.76. The lowest BCUT2D eigenvalue weighted by Gasteiger charge is -2.33. The van der Waals surface area contributed by atoms with E-state index < -0.39 is 0 Å². The molecule has 2 heteroatoms. The summed E-state index contributed by atoms with van der Waals surface area (Å²) in [6.07, 6.45) is 0. The van der Waals surface area contributed by atoms with Gasteiger partial charge in [0.2, 0.25) is 0 Å². The minimum absolute atomic E-state index is 1.15. The van der Waals surface area contributed by atoms with Crippen molar-refractivity contribution in [3.05, 3.63) is 66.7 Å². The van der Waals surface area contributed by atoms with Gasteiger partial charge in [-0.15, -0.1) is 0 Å². The number of likely N-dealkylation sites (N-methyl/N-ethyl adjacent to an activating group) is 1. The van der Waals surface area contributed by atoms with E-state index in [-0.39, 0.29) is 0 Å². The monoisotopic (exact) mass is 254 g/mol. The second-order valence-corrected chi connectivity index (χ2v) is 4.78. The quantitative estimate of drug-likeness (QED) is 0.771.